The number of piperidine rings is 1. The van der Waals surface area contributed by atoms with Gasteiger partial charge in [0.1, 0.15) is 5.75 Å². The lowest BCUT2D eigenvalue weighted by Gasteiger charge is -2.37. The number of methoxy groups -OCH3 is 1. The summed E-state index contributed by atoms with van der Waals surface area (Å²) in [7, 11) is 1.59. The molecule has 2 aliphatic rings. The summed E-state index contributed by atoms with van der Waals surface area (Å²) < 4.78 is 48.7. The number of aryl methyl sites for hydroxylation is 1. The molecule has 2 aliphatic heterocycles. The first-order valence-corrected chi connectivity index (χ1v) is 11.2. The summed E-state index contributed by atoms with van der Waals surface area (Å²) in [5.74, 6) is -3.48. The van der Waals surface area contributed by atoms with Crippen LogP contribution in [0.15, 0.2) is 48.4 Å². The number of aromatic nitrogens is 2. The number of imidazole rings is 1. The van der Waals surface area contributed by atoms with E-state index >= 15 is 0 Å². The highest BCUT2D eigenvalue weighted by Gasteiger charge is 2.42. The van der Waals surface area contributed by atoms with Crippen LogP contribution < -0.4 is 4.74 Å². The molecule has 176 valence electrons. The molecule has 0 unspecified atom stereocenters. The Labute approximate surface area is 195 Å². The monoisotopic (exact) mass is 467 g/mol. The SMILES string of the molecule is COc1cc(/C=C2\C[C@@H]3CCC[C@@H](c4cc(F)c(F)c(F)c4)N3C2=O)ccc1-n1cnc(C)c1. The molecule has 3 heterocycles. The van der Waals surface area contributed by atoms with E-state index in [0.29, 0.717) is 24.2 Å². The molecule has 0 spiro atoms. The van der Waals surface area contributed by atoms with Crippen molar-refractivity contribution in [1.29, 1.82) is 0 Å². The zero-order chi connectivity index (χ0) is 24.0. The topological polar surface area (TPSA) is 47.4 Å². The standard InChI is InChI=1S/C26H24F3N3O2/c1-15-13-31(14-30-15)23-7-6-16(9-24(23)34-2)8-18-10-19-4-3-5-22(32(19)26(18)33)17-11-20(27)25(29)21(28)12-17/h6-9,11-14,19,22H,3-5,10H2,1-2H3/b18-8+/t19-,22-/m0/s1. The van der Waals surface area contributed by atoms with E-state index < -0.39 is 23.5 Å². The molecule has 2 aromatic carbocycles. The van der Waals surface area contributed by atoms with E-state index in [1.807, 2.05) is 42.0 Å². The van der Waals surface area contributed by atoms with Crippen LogP contribution in [-0.2, 0) is 4.79 Å². The van der Waals surface area contributed by atoms with Gasteiger partial charge in [0.15, 0.2) is 17.5 Å². The van der Waals surface area contributed by atoms with E-state index in [9.17, 15) is 18.0 Å². The van der Waals surface area contributed by atoms with Gasteiger partial charge in [-0.15, -0.1) is 0 Å². The van der Waals surface area contributed by atoms with Gasteiger partial charge in [0.25, 0.3) is 5.91 Å². The molecule has 0 N–H and O–H groups in total. The number of ether oxygens (including phenoxy) is 1. The second-order valence-electron chi connectivity index (χ2n) is 8.84. The number of fused-ring (bicyclic) bond motifs is 1. The van der Waals surface area contributed by atoms with Crippen LogP contribution in [0, 0.1) is 24.4 Å². The van der Waals surface area contributed by atoms with E-state index in [1.165, 1.54) is 0 Å². The van der Waals surface area contributed by atoms with E-state index in [1.54, 1.807) is 18.3 Å². The summed E-state index contributed by atoms with van der Waals surface area (Å²) in [5, 5.41) is 0. The molecule has 0 aliphatic carbocycles. The minimum atomic E-state index is -1.49. The van der Waals surface area contributed by atoms with Crippen LogP contribution in [0.3, 0.4) is 0 Å². The van der Waals surface area contributed by atoms with Crippen LogP contribution in [0.2, 0.25) is 0 Å². The molecule has 0 bridgehead atoms. The van der Waals surface area contributed by atoms with Crippen LogP contribution in [0.1, 0.15) is 48.5 Å². The third-order valence-corrected chi connectivity index (χ3v) is 6.63. The molecule has 0 radical (unpaired) electrons. The van der Waals surface area contributed by atoms with Gasteiger partial charge in [0, 0.05) is 17.8 Å². The van der Waals surface area contributed by atoms with Crippen molar-refractivity contribution >= 4 is 12.0 Å². The van der Waals surface area contributed by atoms with Crippen molar-refractivity contribution in [3.05, 3.63) is 82.7 Å². The molecular formula is C26H24F3N3O2. The molecule has 8 heteroatoms. The normalized spacial score (nSPS) is 21.3. The molecule has 1 aromatic heterocycles. The highest BCUT2D eigenvalue weighted by atomic mass is 19.2. The Bertz CT molecular complexity index is 1280. The number of halogens is 3. The van der Waals surface area contributed by atoms with Crippen LogP contribution >= 0.6 is 0 Å². The number of nitrogens with zero attached hydrogens (tertiary/aromatic N) is 3. The molecule has 2 atom stereocenters. The first-order valence-electron chi connectivity index (χ1n) is 11.2. The fourth-order valence-electron chi connectivity index (χ4n) is 5.06. The highest BCUT2D eigenvalue weighted by Crippen LogP contribution is 2.43. The zero-order valence-electron chi connectivity index (χ0n) is 18.9. The lowest BCUT2D eigenvalue weighted by molar-refractivity contribution is -0.130. The first kappa shape index (κ1) is 22.3. The van der Waals surface area contributed by atoms with E-state index in [0.717, 1.165) is 41.9 Å². The molecule has 1 amide bonds. The Balaban J connectivity index is 1.45. The van der Waals surface area contributed by atoms with Crippen molar-refractivity contribution in [3.8, 4) is 11.4 Å². The van der Waals surface area contributed by atoms with E-state index in [-0.39, 0.29) is 17.5 Å². The Hall–Kier alpha value is -3.55. The first-order chi connectivity index (χ1) is 16.4. The van der Waals surface area contributed by atoms with Crippen LogP contribution in [0.4, 0.5) is 13.2 Å². The minimum Gasteiger partial charge on any atom is -0.495 e. The zero-order valence-corrected chi connectivity index (χ0v) is 18.9. The number of rotatable bonds is 4. The summed E-state index contributed by atoms with van der Waals surface area (Å²) in [4.78, 5) is 19.3. The number of carbonyl (C=O) groups excluding carboxylic acids is 1. The number of hydrogen-bond donors (Lipinski definition) is 0. The van der Waals surface area contributed by atoms with Crippen molar-refractivity contribution in [3.63, 3.8) is 0 Å². The van der Waals surface area contributed by atoms with Gasteiger partial charge in [-0.05, 0) is 74.1 Å². The van der Waals surface area contributed by atoms with Crippen molar-refractivity contribution in [2.45, 2.75) is 44.7 Å². The average Bonchev–Trinajstić information content (AvgIpc) is 3.40. The third kappa shape index (κ3) is 3.87. The molecular weight excluding hydrogens is 443 g/mol. The Morgan fingerprint density at radius 1 is 1.12 bits per heavy atom. The number of hydrogen-bond acceptors (Lipinski definition) is 3. The summed E-state index contributed by atoms with van der Waals surface area (Å²) in [6.07, 6.45) is 8.21. The van der Waals surface area contributed by atoms with Crippen molar-refractivity contribution in [2.24, 2.45) is 0 Å². The summed E-state index contributed by atoms with van der Waals surface area (Å²) in [6, 6.07) is 7.15. The maximum atomic E-state index is 13.9. The number of carbonyl (C=O) groups is 1. The smallest absolute Gasteiger partial charge is 0.250 e. The molecule has 5 nitrogen and oxygen atoms in total. The lowest BCUT2D eigenvalue weighted by atomic mass is 9.91. The van der Waals surface area contributed by atoms with Crippen molar-refractivity contribution in [1.82, 2.24) is 14.5 Å². The second kappa shape index (κ2) is 8.66. The lowest BCUT2D eigenvalue weighted by Crippen LogP contribution is -2.40. The van der Waals surface area contributed by atoms with Crippen molar-refractivity contribution in [2.75, 3.05) is 7.11 Å². The Kier molecular flexibility index (Phi) is 5.67. The maximum Gasteiger partial charge on any atom is 0.250 e. The Morgan fingerprint density at radius 2 is 1.88 bits per heavy atom. The van der Waals surface area contributed by atoms with Gasteiger partial charge in [0.2, 0.25) is 0 Å². The van der Waals surface area contributed by atoms with Crippen LogP contribution in [-0.4, -0.2) is 33.5 Å². The van der Waals surface area contributed by atoms with Gasteiger partial charge < -0.3 is 14.2 Å². The third-order valence-electron chi connectivity index (χ3n) is 6.63. The summed E-state index contributed by atoms with van der Waals surface area (Å²) >= 11 is 0. The molecule has 2 fully saturated rings. The van der Waals surface area contributed by atoms with Gasteiger partial charge >= 0.3 is 0 Å². The second-order valence-corrected chi connectivity index (χ2v) is 8.84. The maximum absolute atomic E-state index is 13.9. The highest BCUT2D eigenvalue weighted by molar-refractivity contribution is 6.00. The minimum absolute atomic E-state index is 0.0521. The summed E-state index contributed by atoms with van der Waals surface area (Å²) in [6.45, 7) is 1.91. The fraction of sp³-hybridized carbons (Fsp3) is 0.308. The van der Waals surface area contributed by atoms with Crippen LogP contribution in [0.25, 0.3) is 11.8 Å². The fourth-order valence-corrected chi connectivity index (χ4v) is 5.06. The van der Waals surface area contributed by atoms with E-state index in [4.69, 9.17) is 4.74 Å². The van der Waals surface area contributed by atoms with Crippen LogP contribution in [0.5, 0.6) is 5.75 Å². The van der Waals surface area contributed by atoms with Gasteiger partial charge in [-0.3, -0.25) is 4.79 Å². The van der Waals surface area contributed by atoms with Gasteiger partial charge in [-0.25, -0.2) is 18.2 Å². The molecule has 5 rings (SSSR count). The molecule has 3 aromatic rings. The van der Waals surface area contributed by atoms with Gasteiger partial charge in [-0.1, -0.05) is 6.07 Å². The predicted molar refractivity (Wildman–Crippen MR) is 121 cm³/mol. The quantitative estimate of drug-likeness (QED) is 0.375. The molecule has 0 saturated carbocycles. The largest absolute Gasteiger partial charge is 0.495 e. The molecule has 2 saturated heterocycles. The predicted octanol–water partition coefficient (Wildman–Crippen LogP) is 5.52. The average molecular weight is 467 g/mol. The van der Waals surface area contributed by atoms with Crippen molar-refractivity contribution < 1.29 is 22.7 Å². The number of amides is 1. The van der Waals surface area contributed by atoms with Gasteiger partial charge in [-0.2, -0.15) is 0 Å². The number of benzene rings is 2. The molecule has 34 heavy (non-hydrogen) atoms. The Morgan fingerprint density at radius 3 is 2.56 bits per heavy atom. The summed E-state index contributed by atoms with van der Waals surface area (Å²) in [5.41, 5.74) is 3.46. The van der Waals surface area contributed by atoms with E-state index in [2.05, 4.69) is 4.98 Å². The van der Waals surface area contributed by atoms with Gasteiger partial charge in [0.05, 0.1) is 30.9 Å².